The van der Waals surface area contributed by atoms with E-state index in [1.807, 2.05) is 18.4 Å². The van der Waals surface area contributed by atoms with Crippen LogP contribution in [0, 0.1) is 5.82 Å². The molecule has 114 valence electrons. The average molecular weight is 319 g/mol. The van der Waals surface area contributed by atoms with Crippen molar-refractivity contribution in [1.82, 2.24) is 0 Å². The fourth-order valence-corrected chi connectivity index (χ4v) is 2.32. The second kappa shape index (κ2) is 7.61. The quantitative estimate of drug-likeness (QED) is 0.678. The Bertz CT molecular complexity index is 691. The molecular weight excluding hydrogens is 305 g/mol. The lowest BCUT2D eigenvalue weighted by atomic mass is 10.2. The van der Waals surface area contributed by atoms with Crippen molar-refractivity contribution < 1.29 is 18.7 Å². The fourth-order valence-electron chi connectivity index (χ4n) is 1.77. The fraction of sp³-hybridized carbons (Fsp3) is 0.125. The van der Waals surface area contributed by atoms with Crippen molar-refractivity contribution in [2.24, 2.45) is 0 Å². The van der Waals surface area contributed by atoms with Crippen LogP contribution < -0.4 is 5.32 Å². The van der Waals surface area contributed by atoms with Crippen molar-refractivity contribution in [3.05, 3.63) is 59.9 Å². The van der Waals surface area contributed by atoms with Crippen LogP contribution >= 0.6 is 11.8 Å². The van der Waals surface area contributed by atoms with Crippen LogP contribution in [0.1, 0.15) is 10.4 Å². The van der Waals surface area contributed by atoms with Crippen molar-refractivity contribution in [3.8, 4) is 0 Å². The molecule has 0 aliphatic carbocycles. The van der Waals surface area contributed by atoms with Gasteiger partial charge in [-0.1, -0.05) is 24.3 Å². The summed E-state index contributed by atoms with van der Waals surface area (Å²) in [6.45, 7) is -0.476. The summed E-state index contributed by atoms with van der Waals surface area (Å²) in [4.78, 5) is 24.4. The monoisotopic (exact) mass is 319 g/mol. The second-order valence-electron chi connectivity index (χ2n) is 4.30. The third kappa shape index (κ3) is 4.08. The Morgan fingerprint density at radius 3 is 2.55 bits per heavy atom. The van der Waals surface area contributed by atoms with Crippen molar-refractivity contribution in [1.29, 1.82) is 0 Å². The molecule has 2 aromatic carbocycles. The minimum Gasteiger partial charge on any atom is -0.452 e. The molecule has 0 heterocycles. The van der Waals surface area contributed by atoms with Gasteiger partial charge in [0.25, 0.3) is 5.91 Å². The number of ether oxygens (including phenoxy) is 1. The van der Waals surface area contributed by atoms with E-state index < -0.39 is 24.3 Å². The first-order valence-electron chi connectivity index (χ1n) is 6.46. The number of benzene rings is 2. The summed E-state index contributed by atoms with van der Waals surface area (Å²) in [6, 6.07) is 12.7. The first-order valence-corrected chi connectivity index (χ1v) is 7.69. The van der Waals surface area contributed by atoms with Crippen LogP contribution in [0.2, 0.25) is 0 Å². The Balaban J connectivity index is 1.93. The predicted octanol–water partition coefficient (Wildman–Crippen LogP) is 3.34. The number of carbonyl (C=O) groups excluding carboxylic acids is 2. The maximum atomic E-state index is 13.4. The van der Waals surface area contributed by atoms with Gasteiger partial charge in [0, 0.05) is 4.90 Å². The van der Waals surface area contributed by atoms with E-state index in [1.54, 1.807) is 12.1 Å². The first kappa shape index (κ1) is 16.0. The van der Waals surface area contributed by atoms with Gasteiger partial charge in [-0.05, 0) is 30.5 Å². The predicted molar refractivity (Wildman–Crippen MR) is 83.5 cm³/mol. The van der Waals surface area contributed by atoms with Gasteiger partial charge in [0.15, 0.2) is 6.61 Å². The SMILES string of the molecule is CSc1ccccc1NC(=O)COC(=O)c1ccccc1F. The molecule has 0 aliphatic rings. The minimum atomic E-state index is -0.869. The maximum absolute atomic E-state index is 13.4. The number of thioether (sulfide) groups is 1. The number of hydrogen-bond acceptors (Lipinski definition) is 4. The topological polar surface area (TPSA) is 55.4 Å². The van der Waals surface area contributed by atoms with Crippen molar-refractivity contribution in [2.45, 2.75) is 4.90 Å². The third-order valence-electron chi connectivity index (χ3n) is 2.81. The van der Waals surface area contributed by atoms with Crippen LogP contribution in [-0.2, 0) is 9.53 Å². The summed E-state index contributed by atoms with van der Waals surface area (Å²) in [5.41, 5.74) is 0.446. The molecule has 1 amide bonds. The molecule has 0 aromatic heterocycles. The molecular formula is C16H14FNO3S. The molecule has 0 radical (unpaired) electrons. The molecule has 4 nitrogen and oxygen atoms in total. The summed E-state index contributed by atoms with van der Waals surface area (Å²) >= 11 is 1.49. The number of amides is 1. The summed E-state index contributed by atoms with van der Waals surface area (Å²) in [6.07, 6.45) is 1.89. The van der Waals surface area contributed by atoms with E-state index in [4.69, 9.17) is 4.74 Å². The van der Waals surface area contributed by atoms with Crippen molar-refractivity contribution in [3.63, 3.8) is 0 Å². The molecule has 0 bridgehead atoms. The molecule has 2 aromatic rings. The van der Waals surface area contributed by atoms with E-state index >= 15 is 0 Å². The van der Waals surface area contributed by atoms with E-state index in [9.17, 15) is 14.0 Å². The van der Waals surface area contributed by atoms with E-state index in [0.717, 1.165) is 11.0 Å². The van der Waals surface area contributed by atoms with Gasteiger partial charge in [-0.25, -0.2) is 9.18 Å². The lowest BCUT2D eigenvalue weighted by Gasteiger charge is -2.09. The third-order valence-corrected chi connectivity index (χ3v) is 3.61. The van der Waals surface area contributed by atoms with Gasteiger partial charge in [-0.2, -0.15) is 0 Å². The number of rotatable bonds is 5. The van der Waals surface area contributed by atoms with Crippen LogP contribution in [-0.4, -0.2) is 24.7 Å². The largest absolute Gasteiger partial charge is 0.452 e. The highest BCUT2D eigenvalue weighted by Gasteiger charge is 2.14. The van der Waals surface area contributed by atoms with Gasteiger partial charge < -0.3 is 10.1 Å². The highest BCUT2D eigenvalue weighted by atomic mass is 32.2. The van der Waals surface area contributed by atoms with Crippen molar-refractivity contribution in [2.75, 3.05) is 18.2 Å². The zero-order chi connectivity index (χ0) is 15.9. The number of halogens is 1. The molecule has 22 heavy (non-hydrogen) atoms. The molecule has 0 spiro atoms. The lowest BCUT2D eigenvalue weighted by molar-refractivity contribution is -0.119. The van der Waals surface area contributed by atoms with E-state index in [-0.39, 0.29) is 5.56 Å². The van der Waals surface area contributed by atoms with Crippen LogP contribution in [0.15, 0.2) is 53.4 Å². The maximum Gasteiger partial charge on any atom is 0.341 e. The Morgan fingerprint density at radius 2 is 1.82 bits per heavy atom. The summed E-state index contributed by atoms with van der Waals surface area (Å²) < 4.78 is 18.2. The Hall–Kier alpha value is -2.34. The van der Waals surface area contributed by atoms with Crippen LogP contribution in [0.25, 0.3) is 0 Å². The minimum absolute atomic E-state index is 0.195. The van der Waals surface area contributed by atoms with Gasteiger partial charge in [0.1, 0.15) is 5.82 Å². The van der Waals surface area contributed by atoms with Crippen LogP contribution in [0.5, 0.6) is 0 Å². The highest BCUT2D eigenvalue weighted by molar-refractivity contribution is 7.98. The van der Waals surface area contributed by atoms with E-state index in [2.05, 4.69) is 5.32 Å². The molecule has 0 fully saturated rings. The van der Waals surface area contributed by atoms with E-state index in [0.29, 0.717) is 5.69 Å². The first-order chi connectivity index (χ1) is 10.6. The molecule has 2 rings (SSSR count). The zero-order valence-corrected chi connectivity index (χ0v) is 12.7. The summed E-state index contributed by atoms with van der Waals surface area (Å²) in [5.74, 6) is -2.03. The highest BCUT2D eigenvalue weighted by Crippen LogP contribution is 2.24. The normalized spacial score (nSPS) is 10.1. The number of hydrogen-bond donors (Lipinski definition) is 1. The Labute approximate surface area is 131 Å². The molecule has 1 N–H and O–H groups in total. The zero-order valence-electron chi connectivity index (χ0n) is 11.8. The van der Waals surface area contributed by atoms with Gasteiger partial charge >= 0.3 is 5.97 Å². The smallest absolute Gasteiger partial charge is 0.341 e. The molecule has 0 aliphatic heterocycles. The molecule has 0 atom stereocenters. The second-order valence-corrected chi connectivity index (χ2v) is 5.15. The number of esters is 1. The number of para-hydroxylation sites is 1. The summed E-state index contributed by atoms with van der Waals surface area (Å²) in [5, 5.41) is 2.65. The number of carbonyl (C=O) groups is 2. The molecule has 6 heteroatoms. The Kier molecular flexibility index (Phi) is 5.55. The van der Waals surface area contributed by atoms with Crippen LogP contribution in [0.3, 0.4) is 0 Å². The standard InChI is InChI=1S/C16H14FNO3S/c1-22-14-9-5-4-8-13(14)18-15(19)10-21-16(20)11-6-2-3-7-12(11)17/h2-9H,10H2,1H3,(H,18,19). The lowest BCUT2D eigenvalue weighted by Crippen LogP contribution is -2.21. The van der Waals surface area contributed by atoms with E-state index in [1.165, 1.54) is 30.0 Å². The number of nitrogens with one attached hydrogen (secondary N) is 1. The van der Waals surface area contributed by atoms with Gasteiger partial charge in [0.2, 0.25) is 0 Å². The van der Waals surface area contributed by atoms with Gasteiger partial charge in [0.05, 0.1) is 11.3 Å². The molecule has 0 saturated carbocycles. The molecule has 0 saturated heterocycles. The average Bonchev–Trinajstić information content (AvgIpc) is 2.53. The Morgan fingerprint density at radius 1 is 1.14 bits per heavy atom. The van der Waals surface area contributed by atoms with Gasteiger partial charge in [-0.3, -0.25) is 4.79 Å². The molecule has 0 unspecified atom stereocenters. The van der Waals surface area contributed by atoms with Crippen molar-refractivity contribution >= 4 is 29.3 Å². The van der Waals surface area contributed by atoms with Gasteiger partial charge in [-0.15, -0.1) is 11.8 Å². The van der Waals surface area contributed by atoms with Crippen LogP contribution in [0.4, 0.5) is 10.1 Å². The number of anilines is 1. The summed E-state index contributed by atoms with van der Waals surface area (Å²) in [7, 11) is 0.